The number of thiophene rings is 1. The van der Waals surface area contributed by atoms with E-state index in [0.717, 1.165) is 16.3 Å². The Morgan fingerprint density at radius 1 is 1.00 bits per heavy atom. The fourth-order valence-corrected chi connectivity index (χ4v) is 3.27. The number of rotatable bonds is 3. The Morgan fingerprint density at radius 2 is 1.80 bits per heavy atom. The number of halogens is 2. The first-order valence-electron chi connectivity index (χ1n) is 6.31. The van der Waals surface area contributed by atoms with Crippen molar-refractivity contribution < 1.29 is 8.78 Å². The van der Waals surface area contributed by atoms with Crippen molar-refractivity contribution in [3.63, 3.8) is 0 Å². The molecule has 1 unspecified atom stereocenters. The van der Waals surface area contributed by atoms with Crippen molar-refractivity contribution in [2.45, 2.75) is 12.5 Å². The minimum atomic E-state index is -0.829. The molecule has 1 atom stereocenters. The lowest BCUT2D eigenvalue weighted by molar-refractivity contribution is 0.506. The normalized spacial score (nSPS) is 12.8. The zero-order valence-corrected chi connectivity index (χ0v) is 11.5. The van der Waals surface area contributed by atoms with E-state index in [1.54, 1.807) is 17.4 Å². The molecule has 2 aromatic carbocycles. The van der Waals surface area contributed by atoms with E-state index in [4.69, 9.17) is 5.73 Å². The minimum Gasteiger partial charge on any atom is -0.323 e. The van der Waals surface area contributed by atoms with Crippen molar-refractivity contribution >= 4 is 21.4 Å². The molecule has 3 rings (SSSR count). The van der Waals surface area contributed by atoms with E-state index in [2.05, 4.69) is 6.07 Å². The van der Waals surface area contributed by atoms with Crippen molar-refractivity contribution in [3.8, 4) is 0 Å². The Labute approximate surface area is 119 Å². The Kier molecular flexibility index (Phi) is 3.51. The Hall–Kier alpha value is -1.78. The second kappa shape index (κ2) is 5.31. The summed E-state index contributed by atoms with van der Waals surface area (Å²) in [6.07, 6.45) is 0.490. The van der Waals surface area contributed by atoms with Crippen LogP contribution in [0.4, 0.5) is 8.78 Å². The molecule has 0 spiro atoms. The van der Waals surface area contributed by atoms with E-state index in [9.17, 15) is 8.78 Å². The molecule has 0 saturated heterocycles. The molecule has 0 amide bonds. The Bertz CT molecular complexity index is 718. The summed E-state index contributed by atoms with van der Waals surface area (Å²) in [5, 5.41) is 1.16. The lowest BCUT2D eigenvalue weighted by atomic mass is 10.0. The molecule has 0 aliphatic rings. The van der Waals surface area contributed by atoms with Gasteiger partial charge in [-0.15, -0.1) is 11.3 Å². The zero-order valence-electron chi connectivity index (χ0n) is 10.6. The van der Waals surface area contributed by atoms with Gasteiger partial charge in [0.15, 0.2) is 11.6 Å². The molecule has 0 aliphatic heterocycles. The number of nitrogens with two attached hydrogens (primary N) is 1. The van der Waals surface area contributed by atoms with Crippen molar-refractivity contribution in [2.75, 3.05) is 0 Å². The van der Waals surface area contributed by atoms with Gasteiger partial charge in [0.05, 0.1) is 0 Å². The first kappa shape index (κ1) is 13.2. The van der Waals surface area contributed by atoms with Crippen LogP contribution in [0.5, 0.6) is 0 Å². The molecule has 2 N–H and O–H groups in total. The van der Waals surface area contributed by atoms with Crippen LogP contribution in [-0.2, 0) is 6.42 Å². The smallest absolute Gasteiger partial charge is 0.159 e. The van der Waals surface area contributed by atoms with E-state index >= 15 is 0 Å². The molecule has 102 valence electrons. The van der Waals surface area contributed by atoms with Gasteiger partial charge in [-0.05, 0) is 41.6 Å². The summed E-state index contributed by atoms with van der Waals surface area (Å²) in [6, 6.07) is 13.8. The maximum absolute atomic E-state index is 13.2. The molecule has 0 saturated carbocycles. The van der Waals surface area contributed by atoms with Gasteiger partial charge in [0.1, 0.15) is 0 Å². The van der Waals surface area contributed by atoms with Crippen molar-refractivity contribution in [3.05, 3.63) is 70.6 Å². The van der Waals surface area contributed by atoms with Crippen LogP contribution in [0.2, 0.25) is 0 Å². The van der Waals surface area contributed by atoms with Crippen LogP contribution in [0, 0.1) is 11.6 Å². The topological polar surface area (TPSA) is 26.0 Å². The van der Waals surface area contributed by atoms with Crippen molar-refractivity contribution in [2.24, 2.45) is 5.73 Å². The van der Waals surface area contributed by atoms with Gasteiger partial charge < -0.3 is 5.73 Å². The lowest BCUT2D eigenvalue weighted by Crippen LogP contribution is -2.12. The monoisotopic (exact) mass is 289 g/mol. The highest BCUT2D eigenvalue weighted by atomic mass is 32.1. The molecule has 0 aliphatic carbocycles. The fraction of sp³-hybridized carbons (Fsp3) is 0.125. The van der Waals surface area contributed by atoms with Crippen LogP contribution < -0.4 is 5.73 Å². The largest absolute Gasteiger partial charge is 0.323 e. The molecule has 0 fully saturated rings. The van der Waals surface area contributed by atoms with Gasteiger partial charge in [0, 0.05) is 15.6 Å². The first-order chi connectivity index (χ1) is 9.63. The van der Waals surface area contributed by atoms with E-state index in [1.165, 1.54) is 10.8 Å². The van der Waals surface area contributed by atoms with Gasteiger partial charge in [-0.25, -0.2) is 8.78 Å². The first-order valence-corrected chi connectivity index (χ1v) is 7.13. The van der Waals surface area contributed by atoms with Crippen LogP contribution in [0.15, 0.2) is 48.5 Å². The summed E-state index contributed by atoms with van der Waals surface area (Å²) in [5.74, 6) is -1.66. The molecule has 0 radical (unpaired) electrons. The van der Waals surface area contributed by atoms with Gasteiger partial charge in [-0.2, -0.15) is 0 Å². The summed E-state index contributed by atoms with van der Waals surface area (Å²) < 4.78 is 27.3. The standard InChI is InChI=1S/C16H13F2NS/c17-12-6-5-10(7-13(12)18)8-14(19)16-9-11-3-1-2-4-15(11)20-16/h1-7,9,14H,8,19H2. The summed E-state index contributed by atoms with van der Waals surface area (Å²) in [7, 11) is 0. The third-order valence-corrected chi connectivity index (χ3v) is 4.50. The van der Waals surface area contributed by atoms with Crippen molar-refractivity contribution in [1.82, 2.24) is 0 Å². The minimum absolute atomic E-state index is 0.211. The number of hydrogen-bond donors (Lipinski definition) is 1. The van der Waals surface area contributed by atoms with E-state index in [0.29, 0.717) is 12.0 Å². The third-order valence-electron chi connectivity index (χ3n) is 3.25. The Morgan fingerprint density at radius 3 is 2.55 bits per heavy atom. The SMILES string of the molecule is NC(Cc1ccc(F)c(F)c1)c1cc2ccccc2s1. The Balaban J connectivity index is 1.84. The molecule has 20 heavy (non-hydrogen) atoms. The highest BCUT2D eigenvalue weighted by Crippen LogP contribution is 2.30. The predicted octanol–water partition coefficient (Wildman–Crippen LogP) is 4.42. The molecular formula is C16H13F2NS. The van der Waals surface area contributed by atoms with Gasteiger partial charge in [0.25, 0.3) is 0 Å². The third kappa shape index (κ3) is 2.57. The van der Waals surface area contributed by atoms with E-state index in [-0.39, 0.29) is 6.04 Å². The molecule has 1 nitrogen and oxygen atoms in total. The maximum Gasteiger partial charge on any atom is 0.159 e. The second-order valence-electron chi connectivity index (χ2n) is 4.75. The molecule has 1 aromatic heterocycles. The molecule has 1 heterocycles. The lowest BCUT2D eigenvalue weighted by Gasteiger charge is -2.09. The molecule has 4 heteroatoms. The summed E-state index contributed by atoms with van der Waals surface area (Å²) in [4.78, 5) is 1.05. The average molecular weight is 289 g/mol. The molecular weight excluding hydrogens is 276 g/mol. The van der Waals surface area contributed by atoms with Gasteiger partial charge in [-0.3, -0.25) is 0 Å². The van der Waals surface area contributed by atoms with Crippen molar-refractivity contribution in [1.29, 1.82) is 0 Å². The highest BCUT2D eigenvalue weighted by Gasteiger charge is 2.12. The number of fused-ring (bicyclic) bond motifs is 1. The molecule has 0 bridgehead atoms. The van der Waals surface area contributed by atoms with Crippen LogP contribution in [0.25, 0.3) is 10.1 Å². The number of hydrogen-bond acceptors (Lipinski definition) is 2. The summed E-state index contributed by atoms with van der Waals surface area (Å²) in [5.41, 5.74) is 6.88. The van der Waals surface area contributed by atoms with Crippen LogP contribution in [0.3, 0.4) is 0 Å². The number of benzene rings is 2. The van der Waals surface area contributed by atoms with Crippen LogP contribution in [0.1, 0.15) is 16.5 Å². The summed E-state index contributed by atoms with van der Waals surface area (Å²) >= 11 is 1.64. The quantitative estimate of drug-likeness (QED) is 0.758. The van der Waals surface area contributed by atoms with E-state index in [1.807, 2.05) is 24.3 Å². The van der Waals surface area contributed by atoms with Crippen LogP contribution in [-0.4, -0.2) is 0 Å². The van der Waals surface area contributed by atoms with Gasteiger partial charge in [-0.1, -0.05) is 24.3 Å². The van der Waals surface area contributed by atoms with Gasteiger partial charge >= 0.3 is 0 Å². The van der Waals surface area contributed by atoms with Gasteiger partial charge in [0.2, 0.25) is 0 Å². The second-order valence-corrected chi connectivity index (χ2v) is 5.86. The zero-order chi connectivity index (χ0) is 14.1. The van der Waals surface area contributed by atoms with Crippen LogP contribution >= 0.6 is 11.3 Å². The maximum atomic E-state index is 13.2. The summed E-state index contributed by atoms with van der Waals surface area (Å²) in [6.45, 7) is 0. The average Bonchev–Trinajstić information content (AvgIpc) is 2.87. The predicted molar refractivity (Wildman–Crippen MR) is 78.8 cm³/mol. The fourth-order valence-electron chi connectivity index (χ4n) is 2.21. The van der Waals surface area contributed by atoms with E-state index < -0.39 is 11.6 Å². The highest BCUT2D eigenvalue weighted by molar-refractivity contribution is 7.19. The molecule has 3 aromatic rings.